The van der Waals surface area contributed by atoms with Crippen LogP contribution in [0.2, 0.25) is 0 Å². The van der Waals surface area contributed by atoms with Crippen LogP contribution >= 0.6 is 11.3 Å². The summed E-state index contributed by atoms with van der Waals surface area (Å²) < 4.78 is 0. The molecule has 0 aromatic carbocycles. The normalized spacial score (nSPS) is 15.5. The second-order valence-corrected chi connectivity index (χ2v) is 7.23. The zero-order chi connectivity index (χ0) is 18.2. The lowest BCUT2D eigenvalue weighted by atomic mass is 10.3. The summed E-state index contributed by atoms with van der Waals surface area (Å²) >= 11 is 1.38. The summed E-state index contributed by atoms with van der Waals surface area (Å²) in [5.41, 5.74) is 0. The van der Waals surface area contributed by atoms with E-state index < -0.39 is 0 Å². The quantitative estimate of drug-likeness (QED) is 0.795. The first-order chi connectivity index (χ1) is 12.0. The maximum absolute atomic E-state index is 12.3. The Bertz CT molecular complexity index is 589. The Hall–Kier alpha value is -1.93. The second kappa shape index (κ2) is 9.53. The van der Waals surface area contributed by atoms with Crippen molar-refractivity contribution >= 4 is 29.1 Å². The van der Waals surface area contributed by atoms with Gasteiger partial charge in [0.1, 0.15) is 0 Å². The van der Waals surface area contributed by atoms with Crippen LogP contribution in [0.5, 0.6) is 0 Å². The highest BCUT2D eigenvalue weighted by Crippen LogP contribution is 2.08. The maximum Gasteiger partial charge on any atom is 0.261 e. The van der Waals surface area contributed by atoms with E-state index in [0.29, 0.717) is 44.0 Å². The van der Waals surface area contributed by atoms with E-state index in [1.54, 1.807) is 25.1 Å². The van der Waals surface area contributed by atoms with Crippen molar-refractivity contribution in [3.63, 3.8) is 0 Å². The van der Waals surface area contributed by atoms with Crippen molar-refractivity contribution in [1.29, 1.82) is 0 Å². The van der Waals surface area contributed by atoms with Gasteiger partial charge in [-0.15, -0.1) is 11.3 Å². The largest absolute Gasteiger partial charge is 0.351 e. The van der Waals surface area contributed by atoms with E-state index in [9.17, 15) is 14.4 Å². The minimum Gasteiger partial charge on any atom is -0.351 e. The van der Waals surface area contributed by atoms with Crippen LogP contribution in [-0.4, -0.2) is 85.8 Å². The molecule has 0 saturated carbocycles. The van der Waals surface area contributed by atoms with Crippen molar-refractivity contribution in [3.05, 3.63) is 22.4 Å². The molecule has 138 valence electrons. The van der Waals surface area contributed by atoms with E-state index in [0.717, 1.165) is 13.0 Å². The molecule has 3 amide bonds. The Morgan fingerprint density at radius 3 is 2.68 bits per heavy atom. The van der Waals surface area contributed by atoms with Crippen molar-refractivity contribution in [2.75, 3.05) is 53.4 Å². The molecule has 0 radical (unpaired) electrons. The fourth-order valence-electron chi connectivity index (χ4n) is 2.65. The predicted octanol–water partition coefficient (Wildman–Crippen LogP) is 0.491. The van der Waals surface area contributed by atoms with Gasteiger partial charge in [0.2, 0.25) is 11.8 Å². The van der Waals surface area contributed by atoms with Crippen LogP contribution in [0.15, 0.2) is 17.5 Å². The molecule has 2 heterocycles. The van der Waals surface area contributed by atoms with Gasteiger partial charge >= 0.3 is 0 Å². The zero-order valence-electron chi connectivity index (χ0n) is 14.9. The van der Waals surface area contributed by atoms with E-state index in [1.165, 1.54) is 11.3 Å². The van der Waals surface area contributed by atoms with Gasteiger partial charge in [0.05, 0.1) is 11.4 Å². The Kier molecular flexibility index (Phi) is 7.39. The molecule has 0 unspecified atom stereocenters. The zero-order valence-corrected chi connectivity index (χ0v) is 15.7. The number of carbonyl (C=O) groups excluding carboxylic acids is 3. The molecule has 0 aliphatic carbocycles. The monoisotopic (exact) mass is 366 g/mol. The van der Waals surface area contributed by atoms with Crippen molar-refractivity contribution < 1.29 is 14.4 Å². The predicted molar refractivity (Wildman–Crippen MR) is 97.6 cm³/mol. The van der Waals surface area contributed by atoms with E-state index in [1.807, 2.05) is 16.3 Å². The summed E-state index contributed by atoms with van der Waals surface area (Å²) in [6, 6.07) is 3.59. The molecule has 1 saturated heterocycles. The third-order valence-electron chi connectivity index (χ3n) is 4.17. The van der Waals surface area contributed by atoms with Crippen molar-refractivity contribution in [2.45, 2.75) is 12.8 Å². The molecule has 1 fully saturated rings. The van der Waals surface area contributed by atoms with E-state index >= 15 is 0 Å². The Labute approximate surface area is 152 Å². The molecule has 1 aliphatic rings. The van der Waals surface area contributed by atoms with Gasteiger partial charge in [-0.25, -0.2) is 0 Å². The molecular weight excluding hydrogens is 340 g/mol. The average molecular weight is 366 g/mol. The van der Waals surface area contributed by atoms with Crippen molar-refractivity contribution in [3.8, 4) is 0 Å². The van der Waals surface area contributed by atoms with E-state index in [2.05, 4.69) is 10.2 Å². The van der Waals surface area contributed by atoms with Crippen LogP contribution in [0.25, 0.3) is 0 Å². The van der Waals surface area contributed by atoms with Crippen LogP contribution in [0, 0.1) is 0 Å². The number of hydrogen-bond acceptors (Lipinski definition) is 5. The molecule has 7 nitrogen and oxygen atoms in total. The first kappa shape index (κ1) is 19.4. The molecule has 1 aliphatic heterocycles. The van der Waals surface area contributed by atoms with Crippen molar-refractivity contribution in [2.24, 2.45) is 0 Å². The SMILES string of the molecule is CN(C)C(=O)CN1CCCN(C(=O)CCNC(=O)c2cccs2)CC1. The van der Waals surface area contributed by atoms with Gasteiger partial charge in [-0.05, 0) is 17.9 Å². The summed E-state index contributed by atoms with van der Waals surface area (Å²) in [6.07, 6.45) is 1.15. The highest BCUT2D eigenvalue weighted by molar-refractivity contribution is 7.12. The van der Waals surface area contributed by atoms with Gasteiger partial charge in [-0.2, -0.15) is 0 Å². The molecule has 1 aromatic rings. The van der Waals surface area contributed by atoms with Gasteiger partial charge in [0, 0.05) is 53.2 Å². The van der Waals surface area contributed by atoms with Gasteiger partial charge in [-0.3, -0.25) is 19.3 Å². The summed E-state index contributed by atoms with van der Waals surface area (Å²) in [6.45, 7) is 3.58. The van der Waals surface area contributed by atoms with E-state index in [4.69, 9.17) is 0 Å². The number of thiophene rings is 1. The van der Waals surface area contributed by atoms with Crippen LogP contribution < -0.4 is 5.32 Å². The van der Waals surface area contributed by atoms with Gasteiger partial charge in [0.25, 0.3) is 5.91 Å². The summed E-state index contributed by atoms with van der Waals surface area (Å²) in [4.78, 5) is 42.2. The number of nitrogens with zero attached hydrogens (tertiary/aromatic N) is 3. The topological polar surface area (TPSA) is 73.0 Å². The van der Waals surface area contributed by atoms with Crippen LogP contribution in [0.4, 0.5) is 0 Å². The average Bonchev–Trinajstić information content (AvgIpc) is 3.02. The summed E-state index contributed by atoms with van der Waals surface area (Å²) in [5, 5.41) is 4.63. The van der Waals surface area contributed by atoms with Gasteiger partial charge in [-0.1, -0.05) is 6.07 Å². The van der Waals surface area contributed by atoms with Crippen LogP contribution in [-0.2, 0) is 9.59 Å². The third kappa shape index (κ3) is 6.13. The van der Waals surface area contributed by atoms with Crippen LogP contribution in [0.1, 0.15) is 22.5 Å². The molecule has 0 bridgehead atoms. The number of rotatable bonds is 6. The highest BCUT2D eigenvalue weighted by Gasteiger charge is 2.20. The Balaban J connectivity index is 1.71. The maximum atomic E-state index is 12.3. The number of nitrogens with one attached hydrogen (secondary N) is 1. The lowest BCUT2D eigenvalue weighted by Gasteiger charge is -2.22. The Morgan fingerprint density at radius 1 is 1.20 bits per heavy atom. The lowest BCUT2D eigenvalue weighted by Crippen LogP contribution is -2.40. The van der Waals surface area contributed by atoms with E-state index in [-0.39, 0.29) is 17.7 Å². The molecular formula is C17H26N4O3S. The number of likely N-dealkylation sites (N-methyl/N-ethyl adjacent to an activating group) is 1. The summed E-state index contributed by atoms with van der Waals surface area (Å²) in [5.74, 6) is -0.00429. The number of amides is 3. The minimum absolute atomic E-state index is 0.0484. The number of hydrogen-bond donors (Lipinski definition) is 1. The third-order valence-corrected chi connectivity index (χ3v) is 5.04. The first-order valence-corrected chi connectivity index (χ1v) is 9.37. The molecule has 0 spiro atoms. The van der Waals surface area contributed by atoms with Gasteiger partial charge < -0.3 is 15.1 Å². The molecule has 1 aromatic heterocycles. The molecule has 8 heteroatoms. The van der Waals surface area contributed by atoms with Gasteiger partial charge in [0.15, 0.2) is 0 Å². The molecule has 2 rings (SSSR count). The molecule has 0 atom stereocenters. The Morgan fingerprint density at radius 2 is 2.00 bits per heavy atom. The standard InChI is InChI=1S/C17H26N4O3S/c1-19(2)16(23)13-20-8-4-9-21(11-10-20)15(22)6-7-18-17(24)14-5-3-12-25-14/h3,5,12H,4,6-11,13H2,1-2H3,(H,18,24). The first-order valence-electron chi connectivity index (χ1n) is 8.49. The van der Waals surface area contributed by atoms with Crippen LogP contribution in [0.3, 0.4) is 0 Å². The second-order valence-electron chi connectivity index (χ2n) is 6.28. The smallest absolute Gasteiger partial charge is 0.261 e. The fraction of sp³-hybridized carbons (Fsp3) is 0.588. The summed E-state index contributed by atoms with van der Waals surface area (Å²) in [7, 11) is 3.50. The van der Waals surface area contributed by atoms with Crippen molar-refractivity contribution in [1.82, 2.24) is 20.0 Å². The highest BCUT2D eigenvalue weighted by atomic mass is 32.1. The lowest BCUT2D eigenvalue weighted by molar-refractivity contribution is -0.130. The fourth-order valence-corrected chi connectivity index (χ4v) is 3.29. The number of carbonyl (C=O) groups is 3. The molecule has 25 heavy (non-hydrogen) atoms. The molecule has 1 N–H and O–H groups in total. The minimum atomic E-state index is -0.132.